The van der Waals surface area contributed by atoms with Crippen LogP contribution in [-0.2, 0) is 11.3 Å². The second-order valence-corrected chi connectivity index (χ2v) is 8.09. The first kappa shape index (κ1) is 19.5. The molecule has 3 aromatic rings. The van der Waals surface area contributed by atoms with Crippen molar-refractivity contribution in [2.45, 2.75) is 25.4 Å². The summed E-state index contributed by atoms with van der Waals surface area (Å²) in [4.78, 5) is 25.8. The third kappa shape index (κ3) is 3.82. The van der Waals surface area contributed by atoms with Gasteiger partial charge in [0, 0.05) is 38.3 Å². The van der Waals surface area contributed by atoms with Crippen molar-refractivity contribution in [2.24, 2.45) is 5.92 Å². The summed E-state index contributed by atoms with van der Waals surface area (Å²) in [5.41, 5.74) is 2.45. The Morgan fingerprint density at radius 2 is 2.13 bits per heavy atom. The fourth-order valence-corrected chi connectivity index (χ4v) is 4.63. The maximum atomic E-state index is 12.9. The van der Waals surface area contributed by atoms with Crippen molar-refractivity contribution in [3.63, 3.8) is 0 Å². The Hall–Kier alpha value is -3.51. The zero-order valence-corrected chi connectivity index (χ0v) is 17.2. The van der Waals surface area contributed by atoms with Crippen molar-refractivity contribution in [3.8, 4) is 6.07 Å². The predicted octanol–water partition coefficient (Wildman–Crippen LogP) is 1.21. The van der Waals surface area contributed by atoms with Crippen molar-refractivity contribution in [1.82, 2.24) is 29.8 Å². The number of nitriles is 1. The standard InChI is InChI=1S/C22H24N8O/c23-11-16-4-5-20(25-12-16)28-8-9-29-19(14-28)10-17(22(29)31)6-7-24-13-18-2-1-3-21-26-15-27-30(18)21/h1-5,12,15,17,19,24H,6-10,13-14H2/t17?,19-/m0/s1. The number of hydrogen-bond donors (Lipinski definition) is 1. The van der Waals surface area contributed by atoms with Crippen LogP contribution in [0.15, 0.2) is 42.9 Å². The molecule has 0 radical (unpaired) electrons. The molecule has 2 saturated heterocycles. The Kier molecular flexibility index (Phi) is 5.22. The van der Waals surface area contributed by atoms with Gasteiger partial charge in [-0.15, -0.1) is 0 Å². The van der Waals surface area contributed by atoms with Crippen LogP contribution < -0.4 is 10.2 Å². The highest BCUT2D eigenvalue weighted by Gasteiger charge is 2.42. The molecule has 3 aromatic heterocycles. The van der Waals surface area contributed by atoms with Crippen LogP contribution in [0.5, 0.6) is 0 Å². The third-order valence-corrected chi connectivity index (χ3v) is 6.23. The van der Waals surface area contributed by atoms with Gasteiger partial charge < -0.3 is 15.1 Å². The van der Waals surface area contributed by atoms with E-state index in [9.17, 15) is 4.79 Å². The Bertz CT molecular complexity index is 1120. The molecule has 2 atom stereocenters. The minimum Gasteiger partial charge on any atom is -0.353 e. The highest BCUT2D eigenvalue weighted by atomic mass is 16.2. The van der Waals surface area contributed by atoms with E-state index in [1.54, 1.807) is 18.6 Å². The monoisotopic (exact) mass is 416 g/mol. The zero-order valence-electron chi connectivity index (χ0n) is 17.2. The van der Waals surface area contributed by atoms with E-state index in [1.807, 2.05) is 33.7 Å². The van der Waals surface area contributed by atoms with Gasteiger partial charge in [-0.3, -0.25) is 4.79 Å². The molecule has 0 bridgehead atoms. The summed E-state index contributed by atoms with van der Waals surface area (Å²) in [5, 5.41) is 16.7. The van der Waals surface area contributed by atoms with E-state index in [4.69, 9.17) is 5.26 Å². The molecule has 9 heteroatoms. The molecule has 0 saturated carbocycles. The highest BCUT2D eigenvalue weighted by Crippen LogP contribution is 2.31. The molecule has 31 heavy (non-hydrogen) atoms. The summed E-state index contributed by atoms with van der Waals surface area (Å²) in [7, 11) is 0. The van der Waals surface area contributed by atoms with E-state index in [1.165, 1.54) is 0 Å². The molecule has 9 nitrogen and oxygen atoms in total. The van der Waals surface area contributed by atoms with Gasteiger partial charge in [0.2, 0.25) is 5.91 Å². The molecule has 2 aliphatic heterocycles. The largest absolute Gasteiger partial charge is 0.353 e. The van der Waals surface area contributed by atoms with E-state index < -0.39 is 0 Å². The van der Waals surface area contributed by atoms with E-state index in [0.29, 0.717) is 12.1 Å². The van der Waals surface area contributed by atoms with Crippen LogP contribution in [0.3, 0.4) is 0 Å². The van der Waals surface area contributed by atoms with E-state index in [2.05, 4.69) is 31.4 Å². The summed E-state index contributed by atoms with van der Waals surface area (Å²) in [6.07, 6.45) is 4.87. The van der Waals surface area contributed by atoms with Crippen LogP contribution in [0.4, 0.5) is 5.82 Å². The first-order valence-electron chi connectivity index (χ1n) is 10.6. The topological polar surface area (TPSA) is 102 Å². The Morgan fingerprint density at radius 3 is 2.97 bits per heavy atom. The second-order valence-electron chi connectivity index (χ2n) is 8.09. The maximum absolute atomic E-state index is 12.9. The lowest BCUT2D eigenvalue weighted by Crippen LogP contribution is -2.51. The fraction of sp³-hybridized carbons (Fsp3) is 0.409. The molecular weight excluding hydrogens is 392 g/mol. The summed E-state index contributed by atoms with van der Waals surface area (Å²) in [6, 6.07) is 12.0. The molecular formula is C22H24N8O. The minimum absolute atomic E-state index is 0.0635. The number of piperazine rings is 1. The van der Waals surface area contributed by atoms with Crippen LogP contribution in [-0.4, -0.2) is 62.6 Å². The first-order valence-corrected chi connectivity index (χ1v) is 10.6. The van der Waals surface area contributed by atoms with Gasteiger partial charge in [-0.05, 0) is 43.7 Å². The lowest BCUT2D eigenvalue weighted by Gasteiger charge is -2.38. The molecule has 1 N–H and O–H groups in total. The van der Waals surface area contributed by atoms with Gasteiger partial charge in [0.1, 0.15) is 18.2 Å². The number of nitrogens with one attached hydrogen (secondary N) is 1. The van der Waals surface area contributed by atoms with Crippen molar-refractivity contribution in [2.75, 3.05) is 31.1 Å². The van der Waals surface area contributed by atoms with Gasteiger partial charge >= 0.3 is 0 Å². The molecule has 2 fully saturated rings. The smallest absolute Gasteiger partial charge is 0.226 e. The number of anilines is 1. The second kappa shape index (κ2) is 8.32. The molecule has 158 valence electrons. The lowest BCUT2D eigenvalue weighted by atomic mass is 10.0. The normalized spacial score (nSPS) is 20.8. The van der Waals surface area contributed by atoms with Gasteiger partial charge in [0.25, 0.3) is 0 Å². The molecule has 2 aliphatic rings. The molecule has 0 aromatic carbocycles. The predicted molar refractivity (Wildman–Crippen MR) is 114 cm³/mol. The van der Waals surface area contributed by atoms with Crippen molar-refractivity contribution in [3.05, 3.63) is 54.1 Å². The average molecular weight is 416 g/mol. The summed E-state index contributed by atoms with van der Waals surface area (Å²) in [5.74, 6) is 1.21. The van der Waals surface area contributed by atoms with Crippen LogP contribution in [0.2, 0.25) is 0 Å². The summed E-state index contributed by atoms with van der Waals surface area (Å²) >= 11 is 0. The minimum atomic E-state index is 0.0635. The number of carbonyl (C=O) groups is 1. The Labute approximate surface area is 180 Å². The van der Waals surface area contributed by atoms with Crippen LogP contribution in [0.1, 0.15) is 24.1 Å². The molecule has 0 aliphatic carbocycles. The number of carbonyl (C=O) groups excluding carboxylic acids is 1. The number of amides is 1. The number of nitrogens with zero attached hydrogens (tertiary/aromatic N) is 7. The van der Waals surface area contributed by atoms with Gasteiger partial charge in [-0.2, -0.15) is 10.4 Å². The molecule has 1 unspecified atom stereocenters. The molecule has 0 spiro atoms. The summed E-state index contributed by atoms with van der Waals surface area (Å²) < 4.78 is 1.83. The lowest BCUT2D eigenvalue weighted by molar-refractivity contribution is -0.132. The number of aromatic nitrogens is 4. The zero-order chi connectivity index (χ0) is 21.2. The van der Waals surface area contributed by atoms with Crippen LogP contribution in [0, 0.1) is 17.2 Å². The van der Waals surface area contributed by atoms with Crippen molar-refractivity contribution >= 4 is 17.4 Å². The summed E-state index contributed by atoms with van der Waals surface area (Å²) in [6.45, 7) is 3.76. The van der Waals surface area contributed by atoms with Crippen molar-refractivity contribution in [1.29, 1.82) is 5.26 Å². The van der Waals surface area contributed by atoms with Crippen LogP contribution in [0.25, 0.3) is 5.65 Å². The average Bonchev–Trinajstić information content (AvgIpc) is 3.41. The first-order chi connectivity index (χ1) is 15.2. The van der Waals surface area contributed by atoms with E-state index in [0.717, 1.165) is 56.2 Å². The van der Waals surface area contributed by atoms with Gasteiger partial charge in [-0.1, -0.05) is 6.07 Å². The molecule has 5 heterocycles. The number of pyridine rings is 2. The number of hydrogen-bond acceptors (Lipinski definition) is 7. The highest BCUT2D eigenvalue weighted by molar-refractivity contribution is 5.82. The number of rotatable bonds is 6. The Morgan fingerprint density at radius 1 is 1.19 bits per heavy atom. The Balaban J connectivity index is 1.14. The molecule has 1 amide bonds. The third-order valence-electron chi connectivity index (χ3n) is 6.23. The van der Waals surface area contributed by atoms with E-state index >= 15 is 0 Å². The van der Waals surface area contributed by atoms with Gasteiger partial charge in [0.05, 0.1) is 17.3 Å². The van der Waals surface area contributed by atoms with Gasteiger partial charge in [0.15, 0.2) is 5.65 Å². The fourth-order valence-electron chi connectivity index (χ4n) is 4.63. The molecule has 5 rings (SSSR count). The van der Waals surface area contributed by atoms with Crippen molar-refractivity contribution < 1.29 is 4.79 Å². The van der Waals surface area contributed by atoms with Crippen LogP contribution >= 0.6 is 0 Å². The maximum Gasteiger partial charge on any atom is 0.226 e. The SMILES string of the molecule is N#Cc1ccc(N2CCN3C(=O)C(CCNCc4cccc5ncnn45)C[C@H]3C2)nc1. The number of fused-ring (bicyclic) bond motifs is 2. The van der Waals surface area contributed by atoms with E-state index in [-0.39, 0.29) is 17.9 Å². The van der Waals surface area contributed by atoms with Gasteiger partial charge in [-0.25, -0.2) is 14.5 Å². The quantitative estimate of drug-likeness (QED) is 0.603.